The number of para-hydroxylation sites is 1. The van der Waals surface area contributed by atoms with Crippen LogP contribution in [0.4, 0.5) is 17.1 Å². The normalized spacial score (nSPS) is 11.5. The lowest BCUT2D eigenvalue weighted by Gasteiger charge is -2.26. The van der Waals surface area contributed by atoms with Gasteiger partial charge in [0.15, 0.2) is 5.58 Å². The van der Waals surface area contributed by atoms with E-state index in [0.717, 1.165) is 44.7 Å². The summed E-state index contributed by atoms with van der Waals surface area (Å²) in [7, 11) is 0. The molecule has 11 rings (SSSR count). The number of aromatic nitrogens is 1. The molecule has 0 fully saturated rings. The number of thiophene rings is 1. The van der Waals surface area contributed by atoms with Crippen molar-refractivity contribution < 1.29 is 4.42 Å². The van der Waals surface area contributed by atoms with Gasteiger partial charge in [-0.1, -0.05) is 140 Å². The van der Waals surface area contributed by atoms with Crippen LogP contribution in [0.1, 0.15) is 0 Å². The molecule has 11 aromatic rings. The summed E-state index contributed by atoms with van der Waals surface area (Å²) >= 11 is 1.80. The van der Waals surface area contributed by atoms with E-state index >= 15 is 0 Å². The largest absolute Gasteiger partial charge is 0.436 e. The van der Waals surface area contributed by atoms with Crippen LogP contribution in [0.2, 0.25) is 0 Å². The lowest BCUT2D eigenvalue weighted by Crippen LogP contribution is -2.09. The Hall–Kier alpha value is -7.27. The monoisotopic (exact) mass is 746 g/mol. The topological polar surface area (TPSA) is 29.3 Å². The first-order valence-electron chi connectivity index (χ1n) is 19.2. The predicted octanol–water partition coefficient (Wildman–Crippen LogP) is 15.5. The Kier molecular flexibility index (Phi) is 8.01. The fourth-order valence-corrected chi connectivity index (χ4v) is 9.16. The van der Waals surface area contributed by atoms with Crippen LogP contribution < -0.4 is 4.90 Å². The van der Waals surface area contributed by atoms with E-state index in [9.17, 15) is 0 Å². The molecule has 2 aromatic heterocycles. The molecule has 0 aliphatic rings. The maximum Gasteiger partial charge on any atom is 0.227 e. The molecule has 0 spiro atoms. The summed E-state index contributed by atoms with van der Waals surface area (Å²) < 4.78 is 8.79. The van der Waals surface area contributed by atoms with Gasteiger partial charge in [0, 0.05) is 42.8 Å². The van der Waals surface area contributed by atoms with Gasteiger partial charge < -0.3 is 9.32 Å². The van der Waals surface area contributed by atoms with Crippen molar-refractivity contribution in [3.63, 3.8) is 0 Å². The second kappa shape index (κ2) is 13.8. The highest BCUT2D eigenvalue weighted by atomic mass is 32.1. The van der Waals surface area contributed by atoms with Gasteiger partial charge in [0.25, 0.3) is 0 Å². The first-order valence-corrected chi connectivity index (χ1v) is 20.0. The lowest BCUT2D eigenvalue weighted by atomic mass is 10.00. The van der Waals surface area contributed by atoms with Crippen LogP contribution in [0, 0.1) is 0 Å². The standard InChI is InChI=1S/C53H34N2OS/c1-3-10-35(11-4-1)37-18-20-38(21-19-37)39-24-27-45(28-25-39)55(44-15-5-2-6-16-44)46-17-9-14-41(33-46)42-26-29-47-50(34-42)57-49-31-30-48-52(51(47)49)54-53(56-48)43-23-22-36-12-7-8-13-40(36)32-43/h1-34H. The Morgan fingerprint density at radius 1 is 0.386 bits per heavy atom. The molecule has 0 amide bonds. The van der Waals surface area contributed by atoms with Crippen LogP contribution in [0.5, 0.6) is 0 Å². The van der Waals surface area contributed by atoms with E-state index in [1.807, 2.05) is 0 Å². The van der Waals surface area contributed by atoms with E-state index in [2.05, 4.69) is 211 Å². The van der Waals surface area contributed by atoms with Crippen molar-refractivity contribution in [1.29, 1.82) is 0 Å². The minimum Gasteiger partial charge on any atom is -0.436 e. The second-order valence-corrected chi connectivity index (χ2v) is 15.5. The summed E-state index contributed by atoms with van der Waals surface area (Å²) in [6.45, 7) is 0. The molecule has 0 bridgehead atoms. The first-order chi connectivity index (χ1) is 28.2. The van der Waals surface area contributed by atoms with E-state index in [0.29, 0.717) is 5.89 Å². The number of fused-ring (bicyclic) bond motifs is 6. The van der Waals surface area contributed by atoms with Crippen LogP contribution in [-0.4, -0.2) is 4.98 Å². The van der Waals surface area contributed by atoms with Gasteiger partial charge in [-0.3, -0.25) is 0 Å². The molecule has 0 saturated heterocycles. The average Bonchev–Trinajstić information content (AvgIpc) is 3.89. The highest BCUT2D eigenvalue weighted by Gasteiger charge is 2.18. The molecule has 0 saturated carbocycles. The third kappa shape index (κ3) is 6.04. The van der Waals surface area contributed by atoms with Gasteiger partial charge in [0.2, 0.25) is 5.89 Å². The summed E-state index contributed by atoms with van der Waals surface area (Å²) in [4.78, 5) is 7.41. The molecule has 4 heteroatoms. The smallest absolute Gasteiger partial charge is 0.227 e. The molecule has 0 aliphatic heterocycles. The number of oxazole rings is 1. The molecule has 9 aromatic carbocycles. The van der Waals surface area contributed by atoms with E-state index in [-0.39, 0.29) is 0 Å². The van der Waals surface area contributed by atoms with Gasteiger partial charge in [-0.25, -0.2) is 4.98 Å². The quantitative estimate of drug-likeness (QED) is 0.163. The Morgan fingerprint density at radius 2 is 0.965 bits per heavy atom. The Balaban J connectivity index is 0.930. The van der Waals surface area contributed by atoms with Crippen molar-refractivity contribution in [2.24, 2.45) is 0 Å². The highest BCUT2D eigenvalue weighted by molar-refractivity contribution is 7.26. The third-order valence-corrected chi connectivity index (χ3v) is 12.0. The predicted molar refractivity (Wildman–Crippen MR) is 241 cm³/mol. The molecule has 3 nitrogen and oxygen atoms in total. The highest BCUT2D eigenvalue weighted by Crippen LogP contribution is 2.42. The van der Waals surface area contributed by atoms with Crippen molar-refractivity contribution in [2.75, 3.05) is 4.90 Å². The van der Waals surface area contributed by atoms with Crippen LogP contribution in [0.25, 0.3) is 86.9 Å². The zero-order valence-electron chi connectivity index (χ0n) is 30.8. The Bertz CT molecular complexity index is 3220. The van der Waals surface area contributed by atoms with Gasteiger partial charge in [0.1, 0.15) is 5.52 Å². The minimum atomic E-state index is 0.645. The SMILES string of the molecule is c1ccc(-c2ccc(-c3ccc(N(c4ccccc4)c4cccc(-c5ccc6c(c5)sc5ccc7oc(-c8ccc9ccccc9c8)nc7c56)c4)cc3)cc2)cc1. The second-order valence-electron chi connectivity index (χ2n) is 14.4. The molecular formula is C53H34N2OS. The zero-order valence-corrected chi connectivity index (χ0v) is 31.7. The minimum absolute atomic E-state index is 0.645. The van der Waals surface area contributed by atoms with Gasteiger partial charge in [0.05, 0.1) is 0 Å². The van der Waals surface area contributed by atoms with Crippen LogP contribution in [-0.2, 0) is 0 Å². The fourth-order valence-electron chi connectivity index (χ4n) is 8.02. The van der Waals surface area contributed by atoms with E-state index in [1.54, 1.807) is 11.3 Å². The summed E-state index contributed by atoms with van der Waals surface area (Å²) in [6.07, 6.45) is 0. The molecular weight excluding hydrogens is 713 g/mol. The maximum atomic E-state index is 6.37. The zero-order chi connectivity index (χ0) is 37.7. The molecule has 0 radical (unpaired) electrons. The van der Waals surface area contributed by atoms with Gasteiger partial charge in [-0.05, 0) is 111 Å². The first kappa shape index (κ1) is 33.1. The molecule has 0 unspecified atom stereocenters. The third-order valence-electron chi connectivity index (χ3n) is 10.9. The number of hydrogen-bond acceptors (Lipinski definition) is 4. The average molecular weight is 747 g/mol. The van der Waals surface area contributed by atoms with E-state index in [4.69, 9.17) is 9.40 Å². The summed E-state index contributed by atoms with van der Waals surface area (Å²) in [5.74, 6) is 0.645. The summed E-state index contributed by atoms with van der Waals surface area (Å²) in [5, 5.41) is 4.72. The summed E-state index contributed by atoms with van der Waals surface area (Å²) in [6, 6.07) is 73.5. The van der Waals surface area contributed by atoms with Crippen molar-refractivity contribution in [2.45, 2.75) is 0 Å². The van der Waals surface area contributed by atoms with Crippen molar-refractivity contribution in [3.05, 3.63) is 206 Å². The van der Waals surface area contributed by atoms with Gasteiger partial charge in [-0.15, -0.1) is 11.3 Å². The molecule has 0 atom stereocenters. The van der Waals surface area contributed by atoms with Crippen LogP contribution in [0.15, 0.2) is 211 Å². The van der Waals surface area contributed by atoms with Crippen molar-refractivity contribution in [1.82, 2.24) is 4.98 Å². The lowest BCUT2D eigenvalue weighted by molar-refractivity contribution is 0.620. The Morgan fingerprint density at radius 3 is 1.74 bits per heavy atom. The number of nitrogens with zero attached hydrogens (tertiary/aromatic N) is 2. The van der Waals surface area contributed by atoms with E-state index in [1.165, 1.54) is 53.4 Å². The molecule has 268 valence electrons. The fraction of sp³-hybridized carbons (Fsp3) is 0. The van der Waals surface area contributed by atoms with Crippen LogP contribution in [0.3, 0.4) is 0 Å². The summed E-state index contributed by atoms with van der Waals surface area (Å²) in [5.41, 5.74) is 13.2. The van der Waals surface area contributed by atoms with E-state index < -0.39 is 0 Å². The Labute approximate surface area is 334 Å². The van der Waals surface area contributed by atoms with Crippen LogP contribution >= 0.6 is 11.3 Å². The number of benzene rings is 9. The number of hydrogen-bond donors (Lipinski definition) is 0. The van der Waals surface area contributed by atoms with Crippen molar-refractivity contribution >= 4 is 70.4 Å². The van der Waals surface area contributed by atoms with Gasteiger partial charge >= 0.3 is 0 Å². The number of anilines is 3. The van der Waals surface area contributed by atoms with Gasteiger partial charge in [-0.2, -0.15) is 0 Å². The molecule has 2 heterocycles. The molecule has 0 aliphatic carbocycles. The maximum absolute atomic E-state index is 6.37. The molecule has 57 heavy (non-hydrogen) atoms. The number of rotatable bonds is 7. The van der Waals surface area contributed by atoms with Crippen molar-refractivity contribution in [3.8, 4) is 44.8 Å². The molecule has 0 N–H and O–H groups in total.